The van der Waals surface area contributed by atoms with Crippen LogP contribution in [0, 0.1) is 0 Å². The van der Waals surface area contributed by atoms with E-state index in [1.807, 2.05) is 0 Å². The lowest BCUT2D eigenvalue weighted by molar-refractivity contribution is -0.159. The third-order valence-corrected chi connectivity index (χ3v) is 0.183. The average molecular weight is 134 g/mol. The minimum Gasteiger partial charge on any atom is -0.473 e. The summed E-state index contributed by atoms with van der Waals surface area (Å²) in [6.07, 6.45) is 0. The Hall–Kier alpha value is -0.528. The molecule has 0 rings (SSSR count). The van der Waals surface area contributed by atoms with Crippen molar-refractivity contribution >= 4 is 28.2 Å². The van der Waals surface area contributed by atoms with Crippen LogP contribution in [0.25, 0.3) is 0 Å². The summed E-state index contributed by atoms with van der Waals surface area (Å²) in [4.78, 5) is 18.2. The van der Waals surface area contributed by atoms with E-state index in [4.69, 9.17) is 19.8 Å². The average Bonchev–Trinajstić information content (AvgIpc) is 1.72. The number of carboxylic acid groups (broad SMARTS) is 2. The fraction of sp³-hybridized carbons (Fsp3) is 0.333. The highest BCUT2D eigenvalue weighted by Gasteiger charge is 2.04. The first-order valence-electron chi connectivity index (χ1n) is 2.11. The summed E-state index contributed by atoms with van der Waals surface area (Å²) >= 11 is 1.31. The van der Waals surface area contributed by atoms with Crippen molar-refractivity contribution in [3.8, 4) is 0 Å². The highest BCUT2D eigenvalue weighted by molar-refractivity contribution is 6.27. The summed E-state index contributed by atoms with van der Waals surface area (Å²) in [5.74, 6) is -1.51. The van der Waals surface area contributed by atoms with Gasteiger partial charge in [0, 0.05) is 0 Å². The van der Waals surface area contributed by atoms with E-state index >= 15 is 0 Å². The van der Waals surface area contributed by atoms with E-state index in [1.165, 1.54) is 16.3 Å². The predicted octanol–water partition coefficient (Wildman–Crippen LogP) is -1.18. The maximum absolute atomic E-state index is 9.10. The van der Waals surface area contributed by atoms with Crippen molar-refractivity contribution in [2.45, 2.75) is 5.79 Å². The molecule has 0 aliphatic carbocycles. The fourth-order valence-corrected chi connectivity index (χ4v) is 0. The maximum atomic E-state index is 9.10. The fourth-order valence-electron chi connectivity index (χ4n) is 0. The van der Waals surface area contributed by atoms with Gasteiger partial charge in [0.15, 0.2) is 0 Å². The molecule has 46 valence electrons. The van der Waals surface area contributed by atoms with Crippen molar-refractivity contribution < 1.29 is 19.8 Å². The van der Waals surface area contributed by atoms with Gasteiger partial charge in [-0.2, -0.15) is 0 Å². The van der Waals surface area contributed by atoms with Gasteiger partial charge in [0.25, 0.3) is 0 Å². The van der Waals surface area contributed by atoms with Gasteiger partial charge in [-0.25, -0.2) is 9.59 Å². The van der Waals surface area contributed by atoms with Crippen LogP contribution in [0.1, 0.15) is 0 Å². The first-order valence-corrected chi connectivity index (χ1v) is 4.11. The molecule has 0 aromatic rings. The normalized spacial score (nSPS) is 6.12. The molecule has 4 nitrogen and oxygen atoms in total. The van der Waals surface area contributed by atoms with E-state index < -0.39 is 11.9 Å². The zero-order valence-corrected chi connectivity index (χ0v) is 6.71. The number of rotatable bonds is 0. The standard InChI is InChI=1S/C2H2O4.CH3.Al.2H/c3-1(4)2(5)6;;;;/h(H,3,4)(H,5,6);1H3;;;. The van der Waals surface area contributed by atoms with Gasteiger partial charge in [-0.05, 0) is 0 Å². The van der Waals surface area contributed by atoms with Crippen LogP contribution in [0.3, 0.4) is 0 Å². The summed E-state index contributed by atoms with van der Waals surface area (Å²) in [6, 6.07) is 0. The molecule has 0 aromatic heterocycles. The van der Waals surface area contributed by atoms with Gasteiger partial charge in [-0.1, -0.05) is 0 Å². The summed E-state index contributed by atoms with van der Waals surface area (Å²) in [7, 11) is 0. The Morgan fingerprint density at radius 2 is 1.25 bits per heavy atom. The minimum absolute atomic E-state index is 1.31. The zero-order valence-electron chi connectivity index (χ0n) is 4.71. The molecule has 0 spiro atoms. The molecule has 0 aliphatic rings. The van der Waals surface area contributed by atoms with Gasteiger partial charge < -0.3 is 10.2 Å². The third kappa shape index (κ3) is 9.08. The summed E-state index contributed by atoms with van der Waals surface area (Å²) in [6.45, 7) is 0. The molecule has 0 aromatic carbocycles. The van der Waals surface area contributed by atoms with Gasteiger partial charge in [0.2, 0.25) is 16.3 Å². The molecular weight excluding hydrogens is 127 g/mol. The molecule has 2 N–H and O–H groups in total. The van der Waals surface area contributed by atoms with Crippen LogP contribution < -0.4 is 0 Å². The Morgan fingerprint density at radius 3 is 1.25 bits per heavy atom. The van der Waals surface area contributed by atoms with Gasteiger partial charge in [0.1, 0.15) is 0 Å². The number of aliphatic carboxylic acids is 2. The molecule has 0 heterocycles. The van der Waals surface area contributed by atoms with Gasteiger partial charge in [-0.3, -0.25) is 0 Å². The van der Waals surface area contributed by atoms with Crippen molar-refractivity contribution in [1.29, 1.82) is 0 Å². The second-order valence-corrected chi connectivity index (χ2v) is 0.610. The van der Waals surface area contributed by atoms with E-state index in [1.54, 1.807) is 0 Å². The Bertz CT molecular complexity index is 77.3. The molecule has 0 saturated carbocycles. The van der Waals surface area contributed by atoms with E-state index in [-0.39, 0.29) is 0 Å². The van der Waals surface area contributed by atoms with Gasteiger partial charge in [0.05, 0.1) is 0 Å². The zero-order chi connectivity index (χ0) is 7.15. The van der Waals surface area contributed by atoms with Crippen LogP contribution in [0.4, 0.5) is 0 Å². The topological polar surface area (TPSA) is 74.6 Å². The van der Waals surface area contributed by atoms with E-state index in [9.17, 15) is 0 Å². The molecule has 0 amide bonds. The number of hydrogen-bond donors (Lipinski definition) is 2. The molecule has 0 saturated heterocycles. The van der Waals surface area contributed by atoms with Gasteiger partial charge in [-0.15, -0.1) is 5.79 Å². The lowest BCUT2D eigenvalue weighted by Gasteiger charge is -1.72. The predicted molar refractivity (Wildman–Crippen MR) is 29.7 cm³/mol. The summed E-state index contributed by atoms with van der Waals surface area (Å²) < 4.78 is 0. The van der Waals surface area contributed by atoms with Crippen molar-refractivity contribution in [2.24, 2.45) is 0 Å². The van der Waals surface area contributed by atoms with Crippen LogP contribution >= 0.6 is 0 Å². The maximum Gasteiger partial charge on any atom is 0.414 e. The van der Waals surface area contributed by atoms with Crippen molar-refractivity contribution in [3.63, 3.8) is 0 Å². The highest BCUT2D eigenvalue weighted by Crippen LogP contribution is 1.56. The molecule has 0 atom stereocenters. The third-order valence-electron chi connectivity index (χ3n) is 0.183. The van der Waals surface area contributed by atoms with E-state index in [0.29, 0.717) is 0 Å². The molecule has 0 bridgehead atoms. The van der Waals surface area contributed by atoms with Crippen molar-refractivity contribution in [2.75, 3.05) is 0 Å². The van der Waals surface area contributed by atoms with Crippen LogP contribution in [-0.2, 0) is 9.59 Å². The van der Waals surface area contributed by atoms with E-state index in [2.05, 4.69) is 5.79 Å². The lowest BCUT2D eigenvalue weighted by atomic mass is 10.7. The molecule has 8 heavy (non-hydrogen) atoms. The van der Waals surface area contributed by atoms with Crippen molar-refractivity contribution in [1.82, 2.24) is 0 Å². The van der Waals surface area contributed by atoms with Crippen LogP contribution in [0.15, 0.2) is 0 Å². The van der Waals surface area contributed by atoms with Crippen LogP contribution in [0.5, 0.6) is 0 Å². The Morgan fingerprint density at radius 1 is 1.12 bits per heavy atom. The Labute approximate surface area is 54.5 Å². The molecular formula is C3H7AlO4. The molecule has 0 unspecified atom stereocenters. The molecule has 0 fully saturated rings. The Kier molecular flexibility index (Phi) is 8.46. The quantitative estimate of drug-likeness (QED) is 0.323. The Balaban J connectivity index is 0. The first-order chi connectivity index (χ1) is 3.64. The van der Waals surface area contributed by atoms with Crippen LogP contribution in [-0.4, -0.2) is 38.4 Å². The smallest absolute Gasteiger partial charge is 0.414 e. The minimum atomic E-state index is -1.82. The summed E-state index contributed by atoms with van der Waals surface area (Å²) in [5.41, 5.74) is 0. The van der Waals surface area contributed by atoms with E-state index in [0.717, 1.165) is 0 Å². The number of carbonyl (C=O) groups is 2. The van der Waals surface area contributed by atoms with Gasteiger partial charge >= 0.3 is 11.9 Å². The second-order valence-electron chi connectivity index (χ2n) is 0.610. The lowest BCUT2D eigenvalue weighted by Crippen LogP contribution is -2.09. The SMILES string of the molecule is O=C(O)C(=O)O.[CH3][AlH2]. The number of hydrogen-bond acceptors (Lipinski definition) is 2. The van der Waals surface area contributed by atoms with Crippen LogP contribution in [0.2, 0.25) is 5.79 Å². The molecule has 0 radical (unpaired) electrons. The highest BCUT2D eigenvalue weighted by atomic mass is 27.0. The largest absolute Gasteiger partial charge is 0.473 e. The molecule has 0 aliphatic heterocycles. The first kappa shape index (κ1) is 10.5. The molecule has 5 heteroatoms. The summed E-state index contributed by atoms with van der Waals surface area (Å²) in [5, 5.41) is 14.8. The van der Waals surface area contributed by atoms with Crippen molar-refractivity contribution in [3.05, 3.63) is 0 Å². The monoisotopic (exact) mass is 134 g/mol. The second kappa shape index (κ2) is 6.47. The number of carboxylic acids is 2.